The first-order valence-electron chi connectivity index (χ1n) is 9.81. The number of hydrogen-bond acceptors (Lipinski definition) is 6. The molecule has 1 atom stereocenters. The lowest BCUT2D eigenvalue weighted by atomic mass is 9.97. The largest absolute Gasteiger partial charge is 0.386 e. The zero-order valence-electron chi connectivity index (χ0n) is 16.7. The van der Waals surface area contributed by atoms with Crippen molar-refractivity contribution >= 4 is 23.2 Å². The fraction of sp³-hybridized carbons (Fsp3) is 0.381. The summed E-state index contributed by atoms with van der Waals surface area (Å²) in [5.41, 5.74) is 7.10. The van der Waals surface area contributed by atoms with E-state index >= 15 is 0 Å². The third-order valence-corrected chi connectivity index (χ3v) is 5.22. The zero-order valence-corrected chi connectivity index (χ0v) is 16.7. The van der Waals surface area contributed by atoms with Gasteiger partial charge in [-0.15, -0.1) is 0 Å². The fourth-order valence-electron chi connectivity index (χ4n) is 3.62. The highest BCUT2D eigenvalue weighted by Gasteiger charge is 2.21. The lowest BCUT2D eigenvalue weighted by Crippen LogP contribution is -2.43. The molecule has 0 radical (unpaired) electrons. The number of nitrogens with one attached hydrogen (secondary N) is 1. The Bertz CT molecular complexity index is 1020. The maximum atomic E-state index is 12.7. The molecular formula is C21H26N6O2. The number of aliphatic hydroxyl groups is 1. The highest BCUT2D eigenvalue weighted by molar-refractivity contribution is 6.04. The van der Waals surface area contributed by atoms with E-state index in [2.05, 4.69) is 20.3 Å². The number of piperidine rings is 1. The summed E-state index contributed by atoms with van der Waals surface area (Å²) in [6.07, 6.45) is 3.71. The second-order valence-corrected chi connectivity index (χ2v) is 8.04. The van der Waals surface area contributed by atoms with E-state index in [4.69, 9.17) is 5.73 Å². The molecule has 1 aliphatic heterocycles. The number of carbonyl (C=O) groups excluding carboxylic acids is 1. The normalized spacial score (nSPS) is 17.5. The molecule has 1 aliphatic rings. The molecule has 8 nitrogen and oxygen atoms in total. The van der Waals surface area contributed by atoms with Crippen LogP contribution in [-0.4, -0.2) is 44.7 Å². The molecule has 1 aromatic carbocycles. The highest BCUT2D eigenvalue weighted by Crippen LogP contribution is 2.24. The van der Waals surface area contributed by atoms with Crippen molar-refractivity contribution in [3.63, 3.8) is 0 Å². The molecular weight excluding hydrogens is 368 g/mol. The van der Waals surface area contributed by atoms with E-state index < -0.39 is 5.60 Å². The number of aromatic nitrogens is 3. The Morgan fingerprint density at radius 1 is 1.28 bits per heavy atom. The Kier molecular flexibility index (Phi) is 4.97. The molecule has 0 spiro atoms. The lowest BCUT2D eigenvalue weighted by molar-refractivity contribution is 0.0785. The van der Waals surface area contributed by atoms with Crippen LogP contribution in [0.4, 0.5) is 11.6 Å². The van der Waals surface area contributed by atoms with Crippen LogP contribution in [0.15, 0.2) is 42.6 Å². The summed E-state index contributed by atoms with van der Waals surface area (Å²) in [5, 5.41) is 17.3. The molecule has 1 amide bonds. The van der Waals surface area contributed by atoms with E-state index in [0.29, 0.717) is 17.0 Å². The number of nitrogens with zero attached hydrogens (tertiary/aromatic N) is 4. The van der Waals surface area contributed by atoms with E-state index in [1.807, 2.05) is 6.07 Å². The van der Waals surface area contributed by atoms with Crippen LogP contribution in [0.3, 0.4) is 0 Å². The zero-order chi connectivity index (χ0) is 20.6. The molecule has 1 unspecified atom stereocenters. The van der Waals surface area contributed by atoms with E-state index in [1.54, 1.807) is 54.9 Å². The van der Waals surface area contributed by atoms with Crippen LogP contribution in [0.1, 0.15) is 42.6 Å². The summed E-state index contributed by atoms with van der Waals surface area (Å²) < 4.78 is 1.77. The van der Waals surface area contributed by atoms with Crippen LogP contribution >= 0.6 is 0 Å². The molecule has 2 aromatic heterocycles. The Morgan fingerprint density at radius 2 is 2.03 bits per heavy atom. The molecule has 29 heavy (non-hydrogen) atoms. The van der Waals surface area contributed by atoms with Crippen molar-refractivity contribution in [2.24, 2.45) is 5.73 Å². The molecule has 4 rings (SSSR count). The summed E-state index contributed by atoms with van der Waals surface area (Å²) in [4.78, 5) is 19.4. The molecule has 152 valence electrons. The molecule has 0 bridgehead atoms. The number of amides is 1. The second-order valence-electron chi connectivity index (χ2n) is 8.04. The average Bonchev–Trinajstić information content (AvgIpc) is 3.15. The van der Waals surface area contributed by atoms with Gasteiger partial charge in [0.2, 0.25) is 0 Å². The fourth-order valence-corrected chi connectivity index (χ4v) is 3.62. The third-order valence-electron chi connectivity index (χ3n) is 5.22. The van der Waals surface area contributed by atoms with Gasteiger partial charge >= 0.3 is 0 Å². The number of anilines is 2. The van der Waals surface area contributed by atoms with Gasteiger partial charge in [-0.2, -0.15) is 9.61 Å². The monoisotopic (exact) mass is 394 g/mol. The number of rotatable bonds is 4. The van der Waals surface area contributed by atoms with Crippen LogP contribution in [0, 0.1) is 0 Å². The van der Waals surface area contributed by atoms with Gasteiger partial charge < -0.3 is 21.1 Å². The van der Waals surface area contributed by atoms with Crippen molar-refractivity contribution in [2.75, 3.05) is 23.3 Å². The van der Waals surface area contributed by atoms with E-state index in [0.717, 1.165) is 37.3 Å². The van der Waals surface area contributed by atoms with Gasteiger partial charge in [-0.25, -0.2) is 4.98 Å². The van der Waals surface area contributed by atoms with Crippen molar-refractivity contribution in [3.8, 4) is 0 Å². The van der Waals surface area contributed by atoms with Gasteiger partial charge in [0.05, 0.1) is 11.8 Å². The first kappa shape index (κ1) is 19.4. The number of benzene rings is 1. The van der Waals surface area contributed by atoms with E-state index in [1.165, 1.54) is 0 Å². The third kappa shape index (κ3) is 4.08. The smallest absolute Gasteiger partial charge is 0.256 e. The summed E-state index contributed by atoms with van der Waals surface area (Å²) in [6, 6.07) is 10.7. The molecule has 3 heterocycles. The predicted octanol–water partition coefficient (Wildman–Crippen LogP) is 2.14. The standard InChI is InChI=1S/C21H26N6O2/c1-21(2,29)15-7-5-14(6-8-15)20(28)25-17-12-19(26-11-3-4-16(22)13-26)27-18(24-17)9-10-23-27/h5-10,12,16,29H,3-4,11,13,22H2,1-2H3,(H,24,25,28). The Labute approximate surface area is 169 Å². The van der Waals surface area contributed by atoms with Crippen LogP contribution in [0.2, 0.25) is 0 Å². The maximum absolute atomic E-state index is 12.7. The van der Waals surface area contributed by atoms with E-state index in [-0.39, 0.29) is 11.9 Å². The minimum absolute atomic E-state index is 0.120. The van der Waals surface area contributed by atoms with E-state index in [9.17, 15) is 9.90 Å². The number of nitrogens with two attached hydrogens (primary N) is 1. The molecule has 1 fully saturated rings. The van der Waals surface area contributed by atoms with Crippen LogP contribution in [0.25, 0.3) is 5.65 Å². The molecule has 4 N–H and O–H groups in total. The molecule has 0 saturated carbocycles. The van der Waals surface area contributed by atoms with Crippen LogP contribution < -0.4 is 16.0 Å². The number of carbonyl (C=O) groups is 1. The van der Waals surface area contributed by atoms with Gasteiger partial charge in [-0.1, -0.05) is 12.1 Å². The summed E-state index contributed by atoms with van der Waals surface area (Å²) in [5.74, 6) is 1.07. The minimum Gasteiger partial charge on any atom is -0.386 e. The molecule has 8 heteroatoms. The van der Waals surface area contributed by atoms with Gasteiger partial charge in [0, 0.05) is 36.8 Å². The van der Waals surface area contributed by atoms with Gasteiger partial charge in [-0.05, 0) is 44.4 Å². The summed E-state index contributed by atoms with van der Waals surface area (Å²) in [6.45, 7) is 5.05. The summed E-state index contributed by atoms with van der Waals surface area (Å²) in [7, 11) is 0. The second kappa shape index (κ2) is 7.46. The first-order valence-corrected chi connectivity index (χ1v) is 9.81. The van der Waals surface area contributed by atoms with Crippen molar-refractivity contribution in [2.45, 2.75) is 38.3 Å². The maximum Gasteiger partial charge on any atom is 0.256 e. The Balaban J connectivity index is 1.60. The Morgan fingerprint density at radius 3 is 2.72 bits per heavy atom. The quantitative estimate of drug-likeness (QED) is 0.626. The Hall–Kier alpha value is -2.97. The van der Waals surface area contributed by atoms with Gasteiger partial charge in [0.15, 0.2) is 5.65 Å². The van der Waals surface area contributed by atoms with Gasteiger partial charge in [0.1, 0.15) is 11.6 Å². The number of hydrogen-bond donors (Lipinski definition) is 3. The molecule has 0 aliphatic carbocycles. The first-order chi connectivity index (χ1) is 13.8. The predicted molar refractivity (Wildman–Crippen MR) is 112 cm³/mol. The molecule has 3 aromatic rings. The topological polar surface area (TPSA) is 109 Å². The lowest BCUT2D eigenvalue weighted by Gasteiger charge is -2.32. The van der Waals surface area contributed by atoms with Crippen molar-refractivity contribution in [1.82, 2.24) is 14.6 Å². The van der Waals surface area contributed by atoms with Gasteiger partial charge in [0.25, 0.3) is 5.91 Å². The van der Waals surface area contributed by atoms with Crippen LogP contribution in [0.5, 0.6) is 0 Å². The average molecular weight is 394 g/mol. The molecule has 1 saturated heterocycles. The van der Waals surface area contributed by atoms with Gasteiger partial charge in [-0.3, -0.25) is 4.79 Å². The van der Waals surface area contributed by atoms with Crippen molar-refractivity contribution < 1.29 is 9.90 Å². The highest BCUT2D eigenvalue weighted by atomic mass is 16.3. The van der Waals surface area contributed by atoms with Crippen LogP contribution in [-0.2, 0) is 5.60 Å². The minimum atomic E-state index is -0.951. The number of fused-ring (bicyclic) bond motifs is 1. The summed E-state index contributed by atoms with van der Waals surface area (Å²) >= 11 is 0. The SMILES string of the molecule is CC(C)(O)c1ccc(C(=O)Nc2cc(N3CCCC(N)C3)n3nccc3n2)cc1. The van der Waals surface area contributed by atoms with Crippen molar-refractivity contribution in [3.05, 3.63) is 53.7 Å². The van der Waals surface area contributed by atoms with Crippen molar-refractivity contribution in [1.29, 1.82) is 0 Å².